The molecule has 0 spiro atoms. The summed E-state index contributed by atoms with van der Waals surface area (Å²) in [4.78, 5) is 0. The molecule has 0 aliphatic carbocycles. The van der Waals surface area contributed by atoms with Crippen LogP contribution in [0.25, 0.3) is 0 Å². The van der Waals surface area contributed by atoms with Crippen LogP contribution in [-0.2, 0) is 10.2 Å². The lowest BCUT2D eigenvalue weighted by molar-refractivity contribution is 0.141. The summed E-state index contributed by atoms with van der Waals surface area (Å²) in [7, 11) is 1.73. The lowest BCUT2D eigenvalue weighted by atomic mass is 9.71. The maximum absolute atomic E-state index is 9.69. The Balaban J connectivity index is 2.28. The third kappa shape index (κ3) is 5.25. The number of benzene rings is 2. The zero-order valence-corrected chi connectivity index (χ0v) is 16.1. The Labute approximate surface area is 157 Å². The zero-order valence-electron chi connectivity index (χ0n) is 16.1. The van der Waals surface area contributed by atoms with Gasteiger partial charge in [-0.25, -0.2) is 0 Å². The number of hydrogen-bond acceptors (Lipinski definition) is 3. The summed E-state index contributed by atoms with van der Waals surface area (Å²) in [6, 6.07) is 14.9. The Morgan fingerprint density at radius 1 is 0.731 bits per heavy atom. The molecular formula is C23H32O3. The zero-order chi connectivity index (χ0) is 18.8. The van der Waals surface area contributed by atoms with Gasteiger partial charge in [0.2, 0.25) is 0 Å². The van der Waals surface area contributed by atoms with Crippen molar-refractivity contribution in [2.45, 2.75) is 57.3 Å². The molecule has 3 nitrogen and oxygen atoms in total. The molecule has 0 fully saturated rings. The molecule has 2 N–H and O–H groups in total. The first-order chi connectivity index (χ1) is 12.6. The number of phenols is 2. The topological polar surface area (TPSA) is 49.7 Å². The van der Waals surface area contributed by atoms with E-state index >= 15 is 0 Å². The molecule has 0 aliphatic rings. The number of unbranched alkanes of at least 4 members (excludes halogenated alkanes) is 5. The van der Waals surface area contributed by atoms with E-state index in [1.54, 1.807) is 31.4 Å². The highest BCUT2D eigenvalue weighted by Crippen LogP contribution is 2.39. The number of phenolic OH excluding ortho intramolecular Hbond substituents is 2. The van der Waals surface area contributed by atoms with Crippen LogP contribution in [0.4, 0.5) is 0 Å². The molecule has 0 saturated heterocycles. The van der Waals surface area contributed by atoms with Crippen LogP contribution in [0.3, 0.4) is 0 Å². The molecule has 0 heterocycles. The van der Waals surface area contributed by atoms with Gasteiger partial charge in [0.25, 0.3) is 0 Å². The van der Waals surface area contributed by atoms with Crippen LogP contribution < -0.4 is 0 Å². The monoisotopic (exact) mass is 356 g/mol. The average Bonchev–Trinajstić information content (AvgIpc) is 2.65. The lowest BCUT2D eigenvalue weighted by Gasteiger charge is -2.35. The van der Waals surface area contributed by atoms with Gasteiger partial charge in [0, 0.05) is 12.5 Å². The molecule has 0 saturated carbocycles. The van der Waals surface area contributed by atoms with Gasteiger partial charge in [0.1, 0.15) is 11.5 Å². The van der Waals surface area contributed by atoms with Crippen molar-refractivity contribution >= 4 is 0 Å². The van der Waals surface area contributed by atoms with Crippen molar-refractivity contribution < 1.29 is 14.9 Å². The van der Waals surface area contributed by atoms with Gasteiger partial charge in [-0.2, -0.15) is 0 Å². The SMILES string of the molecule is CCCCCCCCC(COC)(c1ccc(O)cc1)c1ccc(O)cc1. The van der Waals surface area contributed by atoms with Crippen LogP contribution in [0, 0.1) is 0 Å². The second-order valence-electron chi connectivity index (χ2n) is 7.13. The van der Waals surface area contributed by atoms with Crippen LogP contribution in [0.1, 0.15) is 63.0 Å². The minimum atomic E-state index is -0.277. The molecule has 2 aromatic carbocycles. The molecule has 0 unspecified atom stereocenters. The van der Waals surface area contributed by atoms with Crippen LogP contribution in [0.15, 0.2) is 48.5 Å². The normalized spacial score (nSPS) is 11.6. The van der Waals surface area contributed by atoms with Gasteiger partial charge in [-0.3, -0.25) is 0 Å². The summed E-state index contributed by atoms with van der Waals surface area (Å²) < 4.78 is 5.65. The van der Waals surface area contributed by atoms with Gasteiger partial charge in [-0.1, -0.05) is 69.7 Å². The fourth-order valence-electron chi connectivity index (χ4n) is 3.71. The summed E-state index contributed by atoms with van der Waals surface area (Å²) in [6.07, 6.45) is 8.43. The van der Waals surface area contributed by atoms with E-state index < -0.39 is 0 Å². The van der Waals surface area contributed by atoms with Crippen LogP contribution in [-0.4, -0.2) is 23.9 Å². The minimum absolute atomic E-state index is 0.269. The van der Waals surface area contributed by atoms with E-state index in [2.05, 4.69) is 6.92 Å². The number of hydrogen-bond donors (Lipinski definition) is 2. The van der Waals surface area contributed by atoms with E-state index in [0.29, 0.717) is 6.61 Å². The van der Waals surface area contributed by atoms with E-state index in [4.69, 9.17) is 4.74 Å². The number of rotatable bonds is 11. The highest BCUT2D eigenvalue weighted by atomic mass is 16.5. The first kappa shape index (κ1) is 20.3. The summed E-state index contributed by atoms with van der Waals surface area (Å²) in [5, 5.41) is 19.4. The summed E-state index contributed by atoms with van der Waals surface area (Å²) in [6.45, 7) is 2.80. The summed E-state index contributed by atoms with van der Waals surface area (Å²) in [5.41, 5.74) is 1.99. The van der Waals surface area contributed by atoms with Gasteiger partial charge in [0.15, 0.2) is 0 Å². The fraction of sp³-hybridized carbons (Fsp3) is 0.478. The molecular weight excluding hydrogens is 324 g/mol. The third-order valence-corrected chi connectivity index (χ3v) is 5.19. The largest absolute Gasteiger partial charge is 0.508 e. The van der Waals surface area contributed by atoms with E-state index in [9.17, 15) is 10.2 Å². The quantitative estimate of drug-likeness (QED) is 0.502. The van der Waals surface area contributed by atoms with Crippen LogP contribution >= 0.6 is 0 Å². The second-order valence-corrected chi connectivity index (χ2v) is 7.13. The van der Waals surface area contributed by atoms with Gasteiger partial charge in [0.05, 0.1) is 6.61 Å². The van der Waals surface area contributed by atoms with Crippen molar-refractivity contribution in [3.63, 3.8) is 0 Å². The third-order valence-electron chi connectivity index (χ3n) is 5.19. The first-order valence-corrected chi connectivity index (χ1v) is 9.70. The van der Waals surface area contributed by atoms with Gasteiger partial charge < -0.3 is 14.9 Å². The van der Waals surface area contributed by atoms with Crippen molar-refractivity contribution in [3.8, 4) is 11.5 Å². The van der Waals surface area contributed by atoms with Crippen molar-refractivity contribution in [3.05, 3.63) is 59.7 Å². The maximum Gasteiger partial charge on any atom is 0.115 e. The Morgan fingerprint density at radius 2 is 1.19 bits per heavy atom. The van der Waals surface area contributed by atoms with Crippen molar-refractivity contribution in [2.24, 2.45) is 0 Å². The van der Waals surface area contributed by atoms with E-state index in [1.165, 1.54) is 32.1 Å². The van der Waals surface area contributed by atoms with Crippen LogP contribution in [0.2, 0.25) is 0 Å². The van der Waals surface area contributed by atoms with Crippen molar-refractivity contribution in [1.29, 1.82) is 0 Å². The number of aromatic hydroxyl groups is 2. The molecule has 2 rings (SSSR count). The molecule has 0 aliphatic heterocycles. The molecule has 142 valence electrons. The van der Waals surface area contributed by atoms with E-state index in [0.717, 1.165) is 24.0 Å². The Kier molecular flexibility index (Phi) is 7.99. The van der Waals surface area contributed by atoms with Crippen LogP contribution in [0.5, 0.6) is 11.5 Å². The average molecular weight is 357 g/mol. The Hall–Kier alpha value is -2.00. The van der Waals surface area contributed by atoms with Crippen molar-refractivity contribution in [2.75, 3.05) is 13.7 Å². The molecule has 2 aromatic rings. The minimum Gasteiger partial charge on any atom is -0.508 e. The molecule has 3 heteroatoms. The summed E-state index contributed by atoms with van der Waals surface area (Å²) >= 11 is 0. The highest BCUT2D eigenvalue weighted by molar-refractivity contribution is 5.43. The maximum atomic E-state index is 9.69. The molecule has 0 amide bonds. The second kappa shape index (κ2) is 10.2. The highest BCUT2D eigenvalue weighted by Gasteiger charge is 2.34. The van der Waals surface area contributed by atoms with Gasteiger partial charge in [-0.15, -0.1) is 0 Å². The molecule has 0 bridgehead atoms. The van der Waals surface area contributed by atoms with Gasteiger partial charge in [-0.05, 0) is 41.8 Å². The Bertz CT molecular complexity index is 586. The molecule has 0 atom stereocenters. The molecule has 26 heavy (non-hydrogen) atoms. The standard InChI is InChI=1S/C23H32O3/c1-3-4-5-6-7-8-17-23(18-26-2,19-9-13-21(24)14-10-19)20-11-15-22(25)16-12-20/h9-16,24-25H,3-8,17-18H2,1-2H3. The van der Waals surface area contributed by atoms with Crippen molar-refractivity contribution in [1.82, 2.24) is 0 Å². The fourth-order valence-corrected chi connectivity index (χ4v) is 3.71. The number of methoxy groups -OCH3 is 1. The van der Waals surface area contributed by atoms with E-state index in [-0.39, 0.29) is 16.9 Å². The lowest BCUT2D eigenvalue weighted by Crippen LogP contribution is -2.33. The smallest absolute Gasteiger partial charge is 0.115 e. The van der Waals surface area contributed by atoms with Gasteiger partial charge >= 0.3 is 0 Å². The molecule has 0 aromatic heterocycles. The Morgan fingerprint density at radius 3 is 1.65 bits per heavy atom. The molecule has 0 radical (unpaired) electrons. The predicted molar refractivity (Wildman–Crippen MR) is 107 cm³/mol. The predicted octanol–water partition coefficient (Wildman–Crippen LogP) is 5.78. The first-order valence-electron chi connectivity index (χ1n) is 9.70. The summed E-state index contributed by atoms with van der Waals surface area (Å²) in [5.74, 6) is 0.538. The van der Waals surface area contributed by atoms with E-state index in [1.807, 2.05) is 24.3 Å². The number of ether oxygens (including phenoxy) is 1.